The first kappa shape index (κ1) is 16.5. The molecule has 120 valence electrons. The van der Waals surface area contributed by atoms with E-state index in [1.165, 1.54) is 4.90 Å². The van der Waals surface area contributed by atoms with Crippen molar-refractivity contribution in [2.75, 3.05) is 13.1 Å². The fourth-order valence-corrected chi connectivity index (χ4v) is 2.56. The second-order valence-corrected chi connectivity index (χ2v) is 5.66. The largest absolute Gasteiger partial charge is 0.445 e. The van der Waals surface area contributed by atoms with Gasteiger partial charge in [-0.25, -0.2) is 9.18 Å². The summed E-state index contributed by atoms with van der Waals surface area (Å²) in [5, 5.41) is 0. The summed E-state index contributed by atoms with van der Waals surface area (Å²) in [5.74, 6) is -0.407. The minimum atomic E-state index is -1.95. The van der Waals surface area contributed by atoms with Crippen molar-refractivity contribution in [2.45, 2.75) is 44.9 Å². The van der Waals surface area contributed by atoms with E-state index >= 15 is 0 Å². The molecule has 0 spiro atoms. The Labute approximate surface area is 130 Å². The van der Waals surface area contributed by atoms with Crippen molar-refractivity contribution in [3.05, 3.63) is 35.9 Å². The second-order valence-electron chi connectivity index (χ2n) is 5.66. The van der Waals surface area contributed by atoms with Crippen LogP contribution < -0.4 is 0 Å². The fraction of sp³-hybridized carbons (Fsp3) is 0.529. The van der Waals surface area contributed by atoms with Gasteiger partial charge >= 0.3 is 6.09 Å². The number of nitrogens with zero attached hydrogens (tertiary/aromatic N) is 1. The van der Waals surface area contributed by atoms with Crippen molar-refractivity contribution < 1.29 is 18.7 Å². The first-order chi connectivity index (χ1) is 10.5. The molecule has 5 heteroatoms. The highest BCUT2D eigenvalue weighted by molar-refractivity contribution is 5.88. The summed E-state index contributed by atoms with van der Waals surface area (Å²) in [6, 6.07) is 9.32. The van der Waals surface area contributed by atoms with Gasteiger partial charge in [0.25, 0.3) is 0 Å². The number of Topliss-reactive ketones (excluding diaryl/α,β-unsaturated/α-hetero) is 1. The number of rotatable bonds is 3. The lowest BCUT2D eigenvalue weighted by Crippen LogP contribution is -2.49. The molecular formula is C17H22FNO3. The molecule has 2 rings (SSSR count). The van der Waals surface area contributed by atoms with Gasteiger partial charge in [0.2, 0.25) is 0 Å². The van der Waals surface area contributed by atoms with E-state index in [4.69, 9.17) is 4.74 Å². The number of benzene rings is 1. The summed E-state index contributed by atoms with van der Waals surface area (Å²) in [6.07, 6.45) is 1.05. The van der Waals surface area contributed by atoms with Crippen LogP contribution in [0.1, 0.15) is 38.2 Å². The quantitative estimate of drug-likeness (QED) is 0.858. The van der Waals surface area contributed by atoms with Crippen molar-refractivity contribution >= 4 is 11.9 Å². The van der Waals surface area contributed by atoms with Crippen molar-refractivity contribution in [3.63, 3.8) is 0 Å². The summed E-state index contributed by atoms with van der Waals surface area (Å²) < 4.78 is 20.0. The number of carbonyl (C=O) groups excluding carboxylic acids is 2. The van der Waals surface area contributed by atoms with E-state index in [1.807, 2.05) is 30.3 Å². The number of likely N-dealkylation sites (tertiary alicyclic amines) is 1. The molecule has 1 aliphatic rings. The zero-order valence-corrected chi connectivity index (χ0v) is 12.9. The molecule has 1 fully saturated rings. The zero-order chi connectivity index (χ0) is 16.0. The van der Waals surface area contributed by atoms with E-state index < -0.39 is 17.5 Å². The van der Waals surface area contributed by atoms with Crippen LogP contribution in [-0.2, 0) is 16.1 Å². The Morgan fingerprint density at radius 3 is 2.73 bits per heavy atom. The van der Waals surface area contributed by atoms with E-state index in [0.717, 1.165) is 5.56 Å². The molecule has 0 radical (unpaired) electrons. The van der Waals surface area contributed by atoms with Gasteiger partial charge in [0, 0.05) is 13.0 Å². The maximum Gasteiger partial charge on any atom is 0.410 e. The molecule has 0 saturated carbocycles. The average molecular weight is 307 g/mol. The number of halogens is 1. The molecule has 1 aromatic rings. The average Bonchev–Trinajstić information content (AvgIpc) is 2.54. The van der Waals surface area contributed by atoms with Gasteiger partial charge in [0.15, 0.2) is 11.5 Å². The molecule has 1 amide bonds. The maximum absolute atomic E-state index is 14.7. The molecule has 1 aliphatic heterocycles. The third-order valence-electron chi connectivity index (χ3n) is 4.05. The van der Waals surface area contributed by atoms with Crippen LogP contribution in [0, 0.1) is 0 Å². The first-order valence-corrected chi connectivity index (χ1v) is 7.73. The lowest BCUT2D eigenvalue weighted by Gasteiger charge is -2.32. The minimum absolute atomic E-state index is 0.0777. The maximum atomic E-state index is 14.7. The van der Waals surface area contributed by atoms with E-state index in [2.05, 4.69) is 0 Å². The van der Waals surface area contributed by atoms with Gasteiger partial charge in [-0.2, -0.15) is 0 Å². The van der Waals surface area contributed by atoms with Crippen LogP contribution in [0.2, 0.25) is 0 Å². The third-order valence-corrected chi connectivity index (χ3v) is 4.05. The van der Waals surface area contributed by atoms with Gasteiger partial charge in [-0.05, 0) is 24.8 Å². The predicted molar refractivity (Wildman–Crippen MR) is 81.2 cm³/mol. The summed E-state index contributed by atoms with van der Waals surface area (Å²) in [5.41, 5.74) is -1.08. The Kier molecular flexibility index (Phi) is 5.52. The molecule has 0 aliphatic carbocycles. The Morgan fingerprint density at radius 2 is 2.05 bits per heavy atom. The number of hydrogen-bond donors (Lipinski definition) is 0. The summed E-state index contributed by atoms with van der Waals surface area (Å²) >= 11 is 0. The van der Waals surface area contributed by atoms with E-state index in [-0.39, 0.29) is 26.0 Å². The lowest BCUT2D eigenvalue weighted by atomic mass is 9.91. The van der Waals surface area contributed by atoms with Crippen LogP contribution >= 0.6 is 0 Å². The smallest absolute Gasteiger partial charge is 0.410 e. The number of alkyl halides is 1. The molecule has 1 unspecified atom stereocenters. The van der Waals surface area contributed by atoms with Crippen LogP contribution in [0.5, 0.6) is 0 Å². The molecule has 1 aromatic carbocycles. The van der Waals surface area contributed by atoms with Crippen LogP contribution in [0.15, 0.2) is 30.3 Å². The lowest BCUT2D eigenvalue weighted by molar-refractivity contribution is -0.132. The fourth-order valence-electron chi connectivity index (χ4n) is 2.56. The van der Waals surface area contributed by atoms with Gasteiger partial charge < -0.3 is 9.64 Å². The number of ketones is 1. The Balaban J connectivity index is 1.99. The van der Waals surface area contributed by atoms with Crippen molar-refractivity contribution in [3.8, 4) is 0 Å². The molecule has 0 bridgehead atoms. The monoisotopic (exact) mass is 307 g/mol. The van der Waals surface area contributed by atoms with Gasteiger partial charge in [0.05, 0.1) is 6.54 Å². The number of ether oxygens (including phenoxy) is 1. The molecular weight excluding hydrogens is 285 g/mol. The highest BCUT2D eigenvalue weighted by atomic mass is 19.1. The Hall–Kier alpha value is -1.91. The van der Waals surface area contributed by atoms with Crippen molar-refractivity contribution in [2.24, 2.45) is 0 Å². The van der Waals surface area contributed by atoms with E-state index in [9.17, 15) is 14.0 Å². The third kappa shape index (κ3) is 4.06. The van der Waals surface area contributed by atoms with E-state index in [1.54, 1.807) is 6.92 Å². The summed E-state index contributed by atoms with van der Waals surface area (Å²) in [6.45, 7) is 1.99. The molecule has 4 nitrogen and oxygen atoms in total. The first-order valence-electron chi connectivity index (χ1n) is 7.73. The number of hydrogen-bond acceptors (Lipinski definition) is 3. The van der Waals surface area contributed by atoms with Crippen LogP contribution in [0.4, 0.5) is 9.18 Å². The van der Waals surface area contributed by atoms with Crippen LogP contribution in [0.25, 0.3) is 0 Å². The highest BCUT2D eigenvalue weighted by Gasteiger charge is 2.40. The molecule has 1 atom stereocenters. The summed E-state index contributed by atoms with van der Waals surface area (Å²) in [7, 11) is 0. The van der Waals surface area contributed by atoms with E-state index in [0.29, 0.717) is 19.4 Å². The minimum Gasteiger partial charge on any atom is -0.445 e. The zero-order valence-electron chi connectivity index (χ0n) is 12.9. The van der Waals surface area contributed by atoms with Gasteiger partial charge in [-0.15, -0.1) is 0 Å². The van der Waals surface area contributed by atoms with Gasteiger partial charge in [0.1, 0.15) is 6.61 Å². The Morgan fingerprint density at radius 1 is 1.32 bits per heavy atom. The van der Waals surface area contributed by atoms with Crippen LogP contribution in [-0.4, -0.2) is 35.5 Å². The molecule has 1 heterocycles. The molecule has 1 saturated heterocycles. The van der Waals surface area contributed by atoms with Gasteiger partial charge in [-0.3, -0.25) is 4.79 Å². The second kappa shape index (κ2) is 7.38. The predicted octanol–water partition coefficient (Wildman–Crippen LogP) is 3.50. The highest BCUT2D eigenvalue weighted by Crippen LogP contribution is 2.25. The standard InChI is InChI=1S/C17H22FNO3/c1-2-17(18)13-19(11-7-6-10-15(17)20)16(21)22-12-14-8-4-3-5-9-14/h3-5,8-9H,2,6-7,10-13H2,1H3. The number of carbonyl (C=O) groups is 2. The summed E-state index contributed by atoms with van der Waals surface area (Å²) in [4.78, 5) is 25.4. The van der Waals surface area contributed by atoms with Crippen LogP contribution in [0.3, 0.4) is 0 Å². The molecule has 22 heavy (non-hydrogen) atoms. The van der Waals surface area contributed by atoms with Gasteiger partial charge in [-0.1, -0.05) is 37.3 Å². The molecule has 0 aromatic heterocycles. The normalized spacial score (nSPS) is 22.8. The topological polar surface area (TPSA) is 46.6 Å². The number of amides is 1. The molecule has 0 N–H and O–H groups in total. The van der Waals surface area contributed by atoms with Crippen molar-refractivity contribution in [1.82, 2.24) is 4.90 Å². The Bertz CT molecular complexity index is 520. The van der Waals surface area contributed by atoms with Crippen molar-refractivity contribution in [1.29, 1.82) is 0 Å². The SMILES string of the molecule is CCC1(F)CN(C(=O)OCc2ccccc2)CCCCC1=O.